The highest BCUT2D eigenvalue weighted by atomic mass is 79.9. The van der Waals surface area contributed by atoms with E-state index in [1.165, 1.54) is 116 Å². The van der Waals surface area contributed by atoms with Gasteiger partial charge in [-0.2, -0.15) is 37.8 Å². The molecule has 1 saturated heterocycles. The maximum absolute atomic E-state index is 13.0. The van der Waals surface area contributed by atoms with Crippen molar-refractivity contribution >= 4 is 237 Å². The fourth-order valence-corrected chi connectivity index (χ4v) is 18.3. The number of thiophene rings is 1. The Bertz CT molecular complexity index is 5690. The highest BCUT2D eigenvalue weighted by Crippen LogP contribution is 2.42. The molecule has 0 saturated carbocycles. The number of hydrogen-bond donors (Lipinski definition) is 5. The van der Waals surface area contributed by atoms with Crippen molar-refractivity contribution in [1.82, 2.24) is 48.5 Å². The van der Waals surface area contributed by atoms with Crippen molar-refractivity contribution in [3.63, 3.8) is 0 Å². The lowest BCUT2D eigenvalue weighted by Gasteiger charge is -2.18. The van der Waals surface area contributed by atoms with Crippen molar-refractivity contribution in [2.45, 2.75) is 135 Å². The molecule has 1 atom stereocenters. The molecule has 50 heteroatoms. The lowest BCUT2D eigenvalue weighted by molar-refractivity contribution is -0.274. The topological polar surface area (TPSA) is 310 Å². The number of H-pyrrole nitrogens is 1. The van der Waals surface area contributed by atoms with E-state index in [4.69, 9.17) is 51.1 Å². The minimum Gasteiger partial charge on any atom is -0.469 e. The number of aromatic nitrogens is 9. The summed E-state index contributed by atoms with van der Waals surface area (Å²) >= 11 is 37.4. The molecule has 0 aliphatic carbocycles. The lowest BCUT2D eigenvalue weighted by atomic mass is 10.1. The third-order valence-corrected chi connectivity index (χ3v) is 24.7. The number of imidazole rings is 1. The number of anilines is 4. The molecule has 1 unspecified atom stereocenters. The number of amides is 3. The van der Waals surface area contributed by atoms with E-state index in [0.717, 1.165) is 103 Å². The van der Waals surface area contributed by atoms with Gasteiger partial charge in [0.15, 0.2) is 44.6 Å². The fourth-order valence-electron chi connectivity index (χ4n) is 10.2. The molecule has 1 aliphatic rings. The zero-order valence-electron chi connectivity index (χ0n) is 67.2. The first-order valence-corrected chi connectivity index (χ1v) is 46.7. The van der Waals surface area contributed by atoms with Crippen LogP contribution < -0.4 is 41.2 Å². The third kappa shape index (κ3) is 34.6. The fraction of sp³-hybridized carbons (Fsp3) is 0.312. The van der Waals surface area contributed by atoms with Gasteiger partial charge in [0.1, 0.15) is 26.1 Å². The molecule has 24 nitrogen and oxygen atoms in total. The third-order valence-electron chi connectivity index (χ3n) is 15.5. The summed E-state index contributed by atoms with van der Waals surface area (Å²) in [5.74, 6) is -2.03. The van der Waals surface area contributed by atoms with Gasteiger partial charge in [-0.25, -0.2) is 24.9 Å². The van der Waals surface area contributed by atoms with Gasteiger partial charge in [0.25, 0.3) is 32.3 Å². The number of unbranched alkanes of at least 4 members (excludes halogenated alkanes) is 5. The predicted molar refractivity (Wildman–Crippen MR) is 491 cm³/mol. The summed E-state index contributed by atoms with van der Waals surface area (Å²) in [5.41, 5.74) is 5.97. The van der Waals surface area contributed by atoms with Crippen molar-refractivity contribution in [3.8, 4) is 28.5 Å². The van der Waals surface area contributed by atoms with Crippen molar-refractivity contribution in [3.05, 3.63) is 208 Å². The number of halogens is 18. The number of thioether (sulfide) groups is 1. The highest BCUT2D eigenvalue weighted by Gasteiger charge is 2.43. The largest absolute Gasteiger partial charge is 0.573 e. The minimum absolute atomic E-state index is 0.0331. The Kier molecular flexibility index (Phi) is 41.4. The van der Waals surface area contributed by atoms with Crippen LogP contribution in [0.4, 0.5) is 74.9 Å². The summed E-state index contributed by atoms with van der Waals surface area (Å²) in [7, 11) is 1.23. The monoisotopic (exact) mass is 2130 g/mol. The summed E-state index contributed by atoms with van der Waals surface area (Å²) in [6, 6.07) is 31.5. The molecule has 9 heterocycles. The molecular formula is C77H72Br2Cl4F12N18O6S8. The number of benzene rings is 4. The van der Waals surface area contributed by atoms with Crippen LogP contribution in [-0.2, 0) is 22.9 Å². The number of carbonyl (C=O) groups is 3. The number of ether oxygens (including phenoxy) is 2. The van der Waals surface area contributed by atoms with Crippen LogP contribution in [-0.4, -0.2) is 116 Å². The van der Waals surface area contributed by atoms with Gasteiger partial charge in [0.2, 0.25) is 0 Å². The molecule has 0 bridgehead atoms. The van der Waals surface area contributed by atoms with Gasteiger partial charge in [-0.15, -0.1) is 84.9 Å². The number of nitrogens with one attached hydrogen (secondary N) is 5. The number of para-hydroxylation sites is 3. The predicted octanol–water partition coefficient (Wildman–Crippen LogP) is 25.8. The minimum atomic E-state index is -5.09. The van der Waals surface area contributed by atoms with E-state index >= 15 is 0 Å². The summed E-state index contributed by atoms with van der Waals surface area (Å²) in [6.07, 6.45) is -11.5. The van der Waals surface area contributed by atoms with Crippen LogP contribution in [0.1, 0.15) is 139 Å². The summed E-state index contributed by atoms with van der Waals surface area (Å²) in [6.45, 7) is 15.3. The number of hydrogen-bond acceptors (Lipinski definition) is 26. The Hall–Kier alpha value is -8.70. The van der Waals surface area contributed by atoms with E-state index in [0.29, 0.717) is 56.1 Å². The van der Waals surface area contributed by atoms with Crippen molar-refractivity contribution < 1.29 is 76.5 Å². The second kappa shape index (κ2) is 49.9. The molecule has 127 heavy (non-hydrogen) atoms. The number of rotatable bonds is 22. The SMILES string of the molecule is C/N=C1\SC(=N\C(F)(F)F)/C(=N\C(F)(F)F)N1c1ccc(Cl)cc1.CCCCCCCCn1sccc1=O.CCNc1nc(CC)c(C(=O)NC(C#N)c2cccs2)s1.CCOc1nc(C(Cl)(Cl)Cl)ns1.Cc1nc(C(F)(F)F)c(C(=O)Nc2c(Br)cc(OC(F)(F)F)cc2Br)s1.Cc1nc(C)c(C(=O)Nc2ccccc2)s1.c1ccc2[nH]c(-c3cscn3)nc2c1. The second-order valence-electron chi connectivity index (χ2n) is 25.0. The molecule has 8 aromatic heterocycles. The first-order chi connectivity index (χ1) is 59.9. The number of aryl methyl sites for hydroxylation is 5. The van der Waals surface area contributed by atoms with E-state index < -0.39 is 68.1 Å². The molecule has 0 spiro atoms. The number of alkyl halides is 15. The molecule has 13 rings (SSSR count). The Morgan fingerprint density at radius 2 is 1.36 bits per heavy atom. The van der Waals surface area contributed by atoms with E-state index in [2.05, 4.69) is 125 Å². The average molecular weight is 2130 g/mol. The molecule has 5 N–H and O–H groups in total. The van der Waals surface area contributed by atoms with Crippen LogP contribution in [0.5, 0.6) is 10.9 Å². The van der Waals surface area contributed by atoms with Gasteiger partial charge in [0.05, 0.1) is 56.3 Å². The van der Waals surface area contributed by atoms with Gasteiger partial charge in [-0.3, -0.25) is 33.0 Å². The average Bonchev–Trinajstić information content (AvgIpc) is 1.64. The Balaban J connectivity index is 0.000000206. The lowest BCUT2D eigenvalue weighted by Crippen LogP contribution is -2.33. The zero-order valence-corrected chi connectivity index (χ0v) is 79.9. The molecule has 0 radical (unpaired) electrons. The Morgan fingerprint density at radius 3 is 1.91 bits per heavy atom. The van der Waals surface area contributed by atoms with E-state index in [9.17, 15) is 77.1 Å². The van der Waals surface area contributed by atoms with Crippen LogP contribution in [0.15, 0.2) is 160 Å². The molecular weight excluding hydrogens is 2060 g/mol. The number of aliphatic imine (C=N–C) groups is 3. The number of aromatic amines is 1. The van der Waals surface area contributed by atoms with Crippen LogP contribution in [0.3, 0.4) is 0 Å². The zero-order chi connectivity index (χ0) is 93.6. The van der Waals surface area contributed by atoms with E-state index in [1.54, 1.807) is 17.4 Å². The van der Waals surface area contributed by atoms with Gasteiger partial charge in [-0.05, 0) is 163 Å². The maximum atomic E-state index is 13.0. The molecule has 680 valence electrons. The standard InChI is InChI=1S/C14H16N4OS2.C13H6Br2F6N2O2S.C12H7ClF6N4S.C12H12N2OS.C11H19NOS.C10H7N3S.C5H5Cl3N2OS/c1-3-9-12(21-14(18-9)16-4-2)13(19)17-10(8-15)11-6-5-7-20-11;1-4-22-10(12(16,17)18)9(26-4)11(24)23-8-6(14)2-5(3-7(8)15)25-13(19,20)21;1-20-10-23(7-4-2-6(13)3-5-7)8(21-11(14,15)16)9(24-10)22-12(17,18)19;1-8-11(16-9(2)13-8)12(15)14-10-6-4-3-5-7-10;1-2-3-4-5-6-7-9-12-11(13)8-10-14-12;1-2-4-8-7(3-1)12-10(13-8)9-5-14-6-11-9;1-2-11-4-9-3(10-12-4)5(6,7)8/h5-7,10H,3-4H2,1-2H3,(H,16,18)(H,17,19);2-3H,1H3,(H,23,24);2-5H,1H3;3-7H,1-2H3,(H,14,15);8,10H,2-7,9H2,1H3;1-6H,(H,12,13);2H2,1H3/b;;20-10-,21-8+,22-9-;;;;. The number of thiazole rings is 4. The van der Waals surface area contributed by atoms with E-state index in [-0.39, 0.29) is 53.7 Å². The first kappa shape index (κ1) is 105. The molecule has 4 aromatic carbocycles. The van der Waals surface area contributed by atoms with Gasteiger partial charge in [-0.1, -0.05) is 152 Å². The van der Waals surface area contributed by atoms with Crippen LogP contribution in [0.2, 0.25) is 5.02 Å². The van der Waals surface area contributed by atoms with Crippen LogP contribution in [0.25, 0.3) is 22.6 Å². The first-order valence-electron chi connectivity index (χ1n) is 36.9. The van der Waals surface area contributed by atoms with Crippen molar-refractivity contribution in [1.29, 1.82) is 5.26 Å². The van der Waals surface area contributed by atoms with Gasteiger partial charge >= 0.3 is 25.1 Å². The highest BCUT2D eigenvalue weighted by molar-refractivity contribution is 9.11. The molecule has 12 aromatic rings. The molecule has 1 aliphatic heterocycles. The molecule has 1 fully saturated rings. The molecule has 3 amide bonds. The second-order valence-corrected chi connectivity index (χ2v) is 37.1. The van der Waals surface area contributed by atoms with Crippen molar-refractivity contribution in [2.24, 2.45) is 15.0 Å². The number of fused-ring (bicyclic) bond motifs is 1. The number of amidine groups is 2. The number of nitriles is 1. The number of carbonyl (C=O) groups excluding carboxylic acids is 3. The van der Waals surface area contributed by atoms with Crippen LogP contribution >= 0.6 is 170 Å². The summed E-state index contributed by atoms with van der Waals surface area (Å²) < 4.78 is 164. The van der Waals surface area contributed by atoms with Gasteiger partial charge in [0, 0.05) is 78.7 Å². The Morgan fingerprint density at radius 1 is 0.717 bits per heavy atom. The Labute approximate surface area is 787 Å². The maximum Gasteiger partial charge on any atom is 0.573 e. The van der Waals surface area contributed by atoms with Crippen molar-refractivity contribution in [2.75, 3.05) is 41.0 Å². The summed E-state index contributed by atoms with van der Waals surface area (Å²) in [5, 5.41) is 27.2. The number of nitrogens with zero attached hydrogens (tertiary/aromatic N) is 13. The summed E-state index contributed by atoms with van der Waals surface area (Å²) in [4.78, 5) is 86.1. The van der Waals surface area contributed by atoms with Crippen LogP contribution in [0, 0.1) is 32.1 Å². The normalized spacial score (nSPS) is 13.2. The smallest absolute Gasteiger partial charge is 0.469 e. The van der Waals surface area contributed by atoms with E-state index in [1.807, 2.05) is 127 Å². The van der Waals surface area contributed by atoms with Gasteiger partial charge < -0.3 is 35.7 Å². The quantitative estimate of drug-likeness (QED) is 0.0182.